The van der Waals surface area contributed by atoms with E-state index in [0.29, 0.717) is 13.0 Å². The molecule has 2 N–H and O–H groups in total. The van der Waals surface area contributed by atoms with E-state index in [1.54, 1.807) is 11.1 Å². The largest absolute Gasteiger partial charge is 0.316 e. The minimum Gasteiger partial charge on any atom is -0.316 e. The Morgan fingerprint density at radius 3 is 2.36 bits per heavy atom. The fourth-order valence-corrected chi connectivity index (χ4v) is 3.00. The molecule has 0 saturated carbocycles. The molecule has 1 amide bonds. The van der Waals surface area contributed by atoms with Gasteiger partial charge < -0.3 is 10.6 Å². The fraction of sp³-hybridized carbons (Fsp3) is 0.217. The van der Waals surface area contributed by atoms with Crippen LogP contribution in [0.4, 0.5) is 5.69 Å². The Kier molecular flexibility index (Phi) is 7.73. The molecule has 0 bridgehead atoms. The highest BCUT2D eigenvalue weighted by Crippen LogP contribution is 2.23. The molecule has 5 heteroatoms. The number of aryl methyl sites for hydroxylation is 2. The van der Waals surface area contributed by atoms with Crippen molar-refractivity contribution in [3.8, 4) is 0 Å². The van der Waals surface area contributed by atoms with E-state index < -0.39 is 6.04 Å². The summed E-state index contributed by atoms with van der Waals surface area (Å²) in [5, 5.41) is 0. The Balaban J connectivity index is 0.00000280. The molecule has 1 heterocycles. The second kappa shape index (κ2) is 10.0. The number of nitrogens with two attached hydrogens (primary N) is 1. The van der Waals surface area contributed by atoms with Crippen molar-refractivity contribution in [3.63, 3.8) is 0 Å². The Bertz CT molecular complexity index is 900. The van der Waals surface area contributed by atoms with Gasteiger partial charge in [-0.05, 0) is 54.8 Å². The van der Waals surface area contributed by atoms with Crippen molar-refractivity contribution in [2.24, 2.45) is 5.73 Å². The van der Waals surface area contributed by atoms with Gasteiger partial charge in [-0.25, -0.2) is 0 Å². The third-order valence-corrected chi connectivity index (χ3v) is 4.81. The highest BCUT2D eigenvalue weighted by molar-refractivity contribution is 5.97. The number of hydrogen-bond donors (Lipinski definition) is 1. The number of halogens is 1. The number of nitrogens with zero attached hydrogens (tertiary/aromatic N) is 2. The lowest BCUT2D eigenvalue weighted by Crippen LogP contribution is -2.40. The van der Waals surface area contributed by atoms with Crippen molar-refractivity contribution in [2.45, 2.75) is 26.3 Å². The van der Waals surface area contributed by atoms with Crippen LogP contribution in [0.5, 0.6) is 0 Å². The van der Waals surface area contributed by atoms with Crippen LogP contribution < -0.4 is 10.6 Å². The highest BCUT2D eigenvalue weighted by atomic mass is 35.5. The van der Waals surface area contributed by atoms with Crippen LogP contribution >= 0.6 is 12.4 Å². The van der Waals surface area contributed by atoms with Crippen molar-refractivity contribution in [1.29, 1.82) is 0 Å². The maximum atomic E-state index is 13.2. The molecule has 1 unspecified atom stereocenters. The van der Waals surface area contributed by atoms with Gasteiger partial charge in [0.2, 0.25) is 5.91 Å². The molecule has 4 nitrogen and oxygen atoms in total. The van der Waals surface area contributed by atoms with Gasteiger partial charge >= 0.3 is 0 Å². The van der Waals surface area contributed by atoms with Crippen molar-refractivity contribution < 1.29 is 4.79 Å². The summed E-state index contributed by atoms with van der Waals surface area (Å²) in [4.78, 5) is 19.4. The maximum absolute atomic E-state index is 13.2. The number of carbonyl (C=O) groups is 1. The fourth-order valence-electron chi connectivity index (χ4n) is 3.00. The van der Waals surface area contributed by atoms with Crippen LogP contribution in [0.3, 0.4) is 0 Å². The van der Waals surface area contributed by atoms with Crippen LogP contribution in [0.25, 0.3) is 0 Å². The molecule has 0 fully saturated rings. The summed E-state index contributed by atoms with van der Waals surface area (Å²) < 4.78 is 0. The Morgan fingerprint density at radius 2 is 1.71 bits per heavy atom. The van der Waals surface area contributed by atoms with Crippen molar-refractivity contribution in [1.82, 2.24) is 4.98 Å². The summed E-state index contributed by atoms with van der Waals surface area (Å²) in [6.45, 7) is 4.64. The number of benzene rings is 2. The normalized spacial score (nSPS) is 11.4. The van der Waals surface area contributed by atoms with Gasteiger partial charge in [0, 0.05) is 30.5 Å². The summed E-state index contributed by atoms with van der Waals surface area (Å²) in [6.07, 6.45) is 2.44. The smallest absolute Gasteiger partial charge is 0.248 e. The van der Waals surface area contributed by atoms with Gasteiger partial charge in [-0.15, -0.1) is 12.4 Å². The maximum Gasteiger partial charge on any atom is 0.248 e. The van der Waals surface area contributed by atoms with Crippen LogP contribution in [0.15, 0.2) is 72.9 Å². The Morgan fingerprint density at radius 1 is 1.00 bits per heavy atom. The molecular weight excluding hydrogens is 370 g/mol. The molecule has 0 aliphatic rings. The van der Waals surface area contributed by atoms with Crippen molar-refractivity contribution in [3.05, 3.63) is 95.3 Å². The lowest BCUT2D eigenvalue weighted by Gasteiger charge is -2.26. The van der Waals surface area contributed by atoms with E-state index in [0.717, 1.165) is 22.5 Å². The third kappa shape index (κ3) is 5.18. The summed E-state index contributed by atoms with van der Waals surface area (Å²) >= 11 is 0. The second-order valence-corrected chi connectivity index (χ2v) is 6.72. The van der Waals surface area contributed by atoms with Gasteiger partial charge in [0.25, 0.3) is 0 Å². The lowest BCUT2D eigenvalue weighted by molar-refractivity contribution is -0.120. The third-order valence-electron chi connectivity index (χ3n) is 4.81. The number of carbonyl (C=O) groups excluding carboxylic acids is 1. The molecule has 2 aromatic carbocycles. The molecule has 0 radical (unpaired) electrons. The van der Waals surface area contributed by atoms with Crippen molar-refractivity contribution in [2.75, 3.05) is 11.4 Å². The van der Waals surface area contributed by atoms with Crippen molar-refractivity contribution >= 4 is 24.0 Å². The SMILES string of the molecule is Cc1ccc(N(CCc2ccccn2)C(=O)C(N)c2ccccc2)cc1C.Cl. The first-order valence-corrected chi connectivity index (χ1v) is 9.15. The van der Waals surface area contributed by atoms with E-state index >= 15 is 0 Å². The monoisotopic (exact) mass is 395 g/mol. The zero-order valence-electron chi connectivity index (χ0n) is 16.2. The highest BCUT2D eigenvalue weighted by Gasteiger charge is 2.24. The topological polar surface area (TPSA) is 59.2 Å². The van der Waals surface area contributed by atoms with Crippen LogP contribution in [0.2, 0.25) is 0 Å². The lowest BCUT2D eigenvalue weighted by atomic mass is 10.0. The van der Waals surface area contributed by atoms with Gasteiger partial charge in [-0.2, -0.15) is 0 Å². The number of rotatable bonds is 6. The molecule has 28 heavy (non-hydrogen) atoms. The predicted octanol–water partition coefficient (Wildman–Crippen LogP) is 4.40. The molecule has 3 aromatic rings. The average Bonchev–Trinajstić information content (AvgIpc) is 2.71. The molecule has 0 saturated heterocycles. The molecule has 1 aromatic heterocycles. The molecule has 0 aliphatic carbocycles. The first kappa shape index (κ1) is 21.6. The summed E-state index contributed by atoms with van der Waals surface area (Å²) in [5.41, 5.74) is 11.3. The van der Waals surface area contributed by atoms with E-state index in [1.807, 2.05) is 66.7 Å². The summed E-state index contributed by atoms with van der Waals surface area (Å²) in [6, 6.07) is 20.7. The van der Waals surface area contributed by atoms with Crippen LogP contribution in [0, 0.1) is 13.8 Å². The quantitative estimate of drug-likeness (QED) is 0.673. The summed E-state index contributed by atoms with van der Waals surface area (Å²) in [7, 11) is 0. The first-order valence-electron chi connectivity index (χ1n) is 9.15. The zero-order chi connectivity index (χ0) is 19.2. The Hall–Kier alpha value is -2.69. The van der Waals surface area contributed by atoms with E-state index in [2.05, 4.69) is 18.8 Å². The Labute approximate surface area is 172 Å². The van der Waals surface area contributed by atoms with Gasteiger partial charge in [-0.3, -0.25) is 9.78 Å². The molecule has 0 spiro atoms. The number of anilines is 1. The number of aromatic nitrogens is 1. The molecule has 3 rings (SSSR count). The standard InChI is InChI=1S/C23H25N3O.ClH/c1-17-11-12-21(16-18(17)2)26(15-13-20-10-6-7-14-25-20)23(27)22(24)19-8-4-3-5-9-19;/h3-12,14,16,22H,13,15,24H2,1-2H3;1H. The van der Waals surface area contributed by atoms with Crippen LogP contribution in [-0.2, 0) is 11.2 Å². The predicted molar refractivity (Wildman–Crippen MR) is 117 cm³/mol. The van der Waals surface area contributed by atoms with Gasteiger partial charge in [0.1, 0.15) is 6.04 Å². The van der Waals surface area contributed by atoms with Gasteiger partial charge in [-0.1, -0.05) is 42.5 Å². The average molecular weight is 396 g/mol. The molecule has 146 valence electrons. The van der Waals surface area contributed by atoms with Gasteiger partial charge in [0.15, 0.2) is 0 Å². The van der Waals surface area contributed by atoms with E-state index in [4.69, 9.17) is 5.73 Å². The van der Waals surface area contributed by atoms with E-state index in [9.17, 15) is 4.79 Å². The van der Waals surface area contributed by atoms with Crippen LogP contribution in [-0.4, -0.2) is 17.4 Å². The summed E-state index contributed by atoms with van der Waals surface area (Å²) in [5.74, 6) is -0.111. The van der Waals surface area contributed by atoms with Crippen LogP contribution in [0.1, 0.15) is 28.4 Å². The molecular formula is C23H26ClN3O. The molecule has 0 aliphatic heterocycles. The number of amides is 1. The van der Waals surface area contributed by atoms with E-state index in [-0.39, 0.29) is 18.3 Å². The number of hydrogen-bond acceptors (Lipinski definition) is 3. The number of pyridine rings is 1. The zero-order valence-corrected chi connectivity index (χ0v) is 17.0. The van der Waals surface area contributed by atoms with E-state index in [1.165, 1.54) is 5.56 Å². The van der Waals surface area contributed by atoms with Gasteiger partial charge in [0.05, 0.1) is 0 Å². The molecule has 1 atom stereocenters. The minimum atomic E-state index is -0.698. The minimum absolute atomic E-state index is 0. The second-order valence-electron chi connectivity index (χ2n) is 6.72. The first-order chi connectivity index (χ1) is 13.1.